The minimum absolute atomic E-state index is 0.138. The Hall–Kier alpha value is -3.30. The Morgan fingerprint density at radius 3 is 2.39 bits per heavy atom. The zero-order valence-corrected chi connectivity index (χ0v) is 19.7. The highest BCUT2D eigenvalue weighted by Crippen LogP contribution is 2.25. The lowest BCUT2D eigenvalue weighted by molar-refractivity contribution is -0.152. The summed E-state index contributed by atoms with van der Waals surface area (Å²) < 4.78 is 10.2. The van der Waals surface area contributed by atoms with E-state index in [1.54, 1.807) is 12.1 Å². The largest absolute Gasteiger partial charge is 0.495 e. The number of amides is 3. The second-order valence-electron chi connectivity index (χ2n) is 6.91. The molecule has 11 heteroatoms. The van der Waals surface area contributed by atoms with E-state index in [9.17, 15) is 19.2 Å². The summed E-state index contributed by atoms with van der Waals surface area (Å²) in [5.74, 6) is -2.14. The maximum absolute atomic E-state index is 12.3. The first kappa shape index (κ1) is 26.0. The molecule has 0 saturated heterocycles. The summed E-state index contributed by atoms with van der Waals surface area (Å²) in [4.78, 5) is 48.3. The van der Waals surface area contributed by atoms with Crippen LogP contribution in [0.25, 0.3) is 0 Å². The molecule has 0 bridgehead atoms. The van der Waals surface area contributed by atoms with Gasteiger partial charge in [-0.15, -0.1) is 0 Å². The highest BCUT2D eigenvalue weighted by atomic mass is 35.5. The zero-order valence-electron chi connectivity index (χ0n) is 18.2. The molecule has 3 N–H and O–H groups in total. The number of hydrogen-bond acceptors (Lipinski definition) is 6. The molecule has 0 aliphatic rings. The fraction of sp³-hybridized carbons (Fsp3) is 0.273. The van der Waals surface area contributed by atoms with E-state index in [0.29, 0.717) is 16.5 Å². The van der Waals surface area contributed by atoms with Crippen LogP contribution in [0.3, 0.4) is 0 Å². The number of aryl methyl sites for hydroxylation is 1. The van der Waals surface area contributed by atoms with Crippen LogP contribution in [0.5, 0.6) is 5.75 Å². The number of esters is 1. The predicted molar refractivity (Wildman–Crippen MR) is 124 cm³/mol. The van der Waals surface area contributed by atoms with Crippen LogP contribution in [0.4, 0.5) is 5.69 Å². The molecular weight excluding hydrogens is 473 g/mol. The predicted octanol–water partition coefficient (Wildman–Crippen LogP) is 2.73. The van der Waals surface area contributed by atoms with Crippen molar-refractivity contribution in [1.82, 2.24) is 10.6 Å². The van der Waals surface area contributed by atoms with Gasteiger partial charge in [0.2, 0.25) is 5.91 Å². The third kappa shape index (κ3) is 7.96. The highest BCUT2D eigenvalue weighted by molar-refractivity contribution is 6.36. The second kappa shape index (κ2) is 12.1. The number of benzene rings is 2. The standard InChI is InChI=1S/C22H23Cl2N3O6/c1-12-4-7-18(32-3)17(8-12)27-21(30)13(2)33-20(29)11-25-19(28)10-26-22(31)15-6-5-14(23)9-16(15)24/h4-9,13H,10-11H2,1-3H3,(H,25,28)(H,26,31)(H,27,30). The Labute approximate surface area is 200 Å². The number of rotatable bonds is 9. The number of hydrogen-bond donors (Lipinski definition) is 3. The van der Waals surface area contributed by atoms with Gasteiger partial charge in [-0.25, -0.2) is 0 Å². The van der Waals surface area contributed by atoms with Gasteiger partial charge in [-0.3, -0.25) is 19.2 Å². The van der Waals surface area contributed by atoms with E-state index in [0.717, 1.165) is 5.56 Å². The summed E-state index contributed by atoms with van der Waals surface area (Å²) in [5, 5.41) is 7.82. The molecule has 2 aromatic carbocycles. The van der Waals surface area contributed by atoms with Gasteiger partial charge in [0, 0.05) is 5.02 Å². The SMILES string of the molecule is COc1ccc(C)cc1NC(=O)C(C)OC(=O)CNC(=O)CNC(=O)c1ccc(Cl)cc1Cl. The molecule has 9 nitrogen and oxygen atoms in total. The van der Waals surface area contributed by atoms with Gasteiger partial charge in [-0.05, 0) is 49.7 Å². The lowest BCUT2D eigenvalue weighted by Gasteiger charge is -2.16. The number of carbonyl (C=O) groups is 4. The monoisotopic (exact) mass is 495 g/mol. The molecule has 0 radical (unpaired) electrons. The van der Waals surface area contributed by atoms with E-state index in [4.69, 9.17) is 32.7 Å². The molecule has 0 saturated carbocycles. The number of carbonyl (C=O) groups excluding carboxylic acids is 4. The van der Waals surface area contributed by atoms with Crippen molar-refractivity contribution in [2.24, 2.45) is 0 Å². The van der Waals surface area contributed by atoms with Crippen LogP contribution < -0.4 is 20.7 Å². The van der Waals surface area contributed by atoms with Gasteiger partial charge in [-0.1, -0.05) is 29.3 Å². The summed E-state index contributed by atoms with van der Waals surface area (Å²) in [6.45, 7) is 2.37. The van der Waals surface area contributed by atoms with Crippen LogP contribution in [0.2, 0.25) is 10.0 Å². The van der Waals surface area contributed by atoms with Crippen LogP contribution in [0, 0.1) is 6.92 Å². The van der Waals surface area contributed by atoms with E-state index in [1.165, 1.54) is 32.2 Å². The maximum atomic E-state index is 12.3. The topological polar surface area (TPSA) is 123 Å². The van der Waals surface area contributed by atoms with E-state index < -0.39 is 42.9 Å². The molecule has 33 heavy (non-hydrogen) atoms. The number of halogens is 2. The van der Waals surface area contributed by atoms with Crippen LogP contribution in [-0.4, -0.2) is 50.0 Å². The molecule has 0 spiro atoms. The number of methoxy groups -OCH3 is 1. The normalized spacial score (nSPS) is 11.2. The fourth-order valence-electron chi connectivity index (χ4n) is 2.61. The fourth-order valence-corrected chi connectivity index (χ4v) is 3.10. The maximum Gasteiger partial charge on any atom is 0.326 e. The van der Waals surface area contributed by atoms with Crippen molar-refractivity contribution < 1.29 is 28.7 Å². The van der Waals surface area contributed by atoms with E-state index in [-0.39, 0.29) is 10.6 Å². The Morgan fingerprint density at radius 2 is 1.73 bits per heavy atom. The van der Waals surface area contributed by atoms with Gasteiger partial charge in [0.1, 0.15) is 12.3 Å². The first-order valence-corrected chi connectivity index (χ1v) is 10.5. The number of nitrogens with one attached hydrogen (secondary N) is 3. The first-order valence-electron chi connectivity index (χ1n) is 9.75. The van der Waals surface area contributed by atoms with Gasteiger partial charge in [0.05, 0.1) is 29.9 Å². The molecule has 1 unspecified atom stereocenters. The molecule has 2 rings (SSSR count). The van der Waals surface area contributed by atoms with Crippen LogP contribution in [-0.2, 0) is 19.1 Å². The zero-order chi connectivity index (χ0) is 24.5. The Morgan fingerprint density at radius 1 is 1.00 bits per heavy atom. The Bertz CT molecular complexity index is 1060. The molecule has 2 aromatic rings. The summed E-state index contributed by atoms with van der Waals surface area (Å²) in [6, 6.07) is 9.57. The molecule has 176 valence electrons. The first-order chi connectivity index (χ1) is 15.6. The summed E-state index contributed by atoms with van der Waals surface area (Å²) >= 11 is 11.7. The van der Waals surface area contributed by atoms with Crippen molar-refractivity contribution >= 4 is 52.6 Å². The van der Waals surface area contributed by atoms with E-state index >= 15 is 0 Å². The number of anilines is 1. The minimum Gasteiger partial charge on any atom is -0.495 e. The molecule has 1 atom stereocenters. The lowest BCUT2D eigenvalue weighted by Crippen LogP contribution is -2.40. The van der Waals surface area contributed by atoms with Gasteiger partial charge in [0.25, 0.3) is 11.8 Å². The summed E-state index contributed by atoms with van der Waals surface area (Å²) in [7, 11) is 1.47. The van der Waals surface area contributed by atoms with Crippen molar-refractivity contribution in [2.75, 3.05) is 25.5 Å². The molecule has 3 amide bonds. The van der Waals surface area contributed by atoms with Crippen molar-refractivity contribution in [3.8, 4) is 5.75 Å². The third-order valence-electron chi connectivity index (χ3n) is 4.31. The summed E-state index contributed by atoms with van der Waals surface area (Å²) in [6.07, 6.45) is -1.12. The molecular formula is C22H23Cl2N3O6. The van der Waals surface area contributed by atoms with E-state index in [2.05, 4.69) is 16.0 Å². The minimum atomic E-state index is -1.12. The highest BCUT2D eigenvalue weighted by Gasteiger charge is 2.20. The van der Waals surface area contributed by atoms with Gasteiger partial charge in [-0.2, -0.15) is 0 Å². The second-order valence-corrected chi connectivity index (χ2v) is 7.75. The Balaban J connectivity index is 1.77. The molecule has 0 heterocycles. The van der Waals surface area contributed by atoms with Gasteiger partial charge in [0.15, 0.2) is 6.10 Å². The van der Waals surface area contributed by atoms with E-state index in [1.807, 2.05) is 13.0 Å². The third-order valence-corrected chi connectivity index (χ3v) is 4.85. The quantitative estimate of drug-likeness (QED) is 0.459. The molecule has 0 aliphatic carbocycles. The van der Waals surface area contributed by atoms with Crippen molar-refractivity contribution in [3.05, 3.63) is 57.6 Å². The number of ether oxygens (including phenoxy) is 2. The molecule has 0 aliphatic heterocycles. The van der Waals surface area contributed by atoms with Crippen molar-refractivity contribution in [1.29, 1.82) is 0 Å². The average molecular weight is 496 g/mol. The van der Waals surface area contributed by atoms with Gasteiger partial charge < -0.3 is 25.4 Å². The van der Waals surface area contributed by atoms with Crippen LogP contribution >= 0.6 is 23.2 Å². The van der Waals surface area contributed by atoms with Crippen LogP contribution in [0.1, 0.15) is 22.8 Å². The van der Waals surface area contributed by atoms with Crippen molar-refractivity contribution in [2.45, 2.75) is 20.0 Å². The smallest absolute Gasteiger partial charge is 0.326 e. The lowest BCUT2D eigenvalue weighted by atomic mass is 10.2. The van der Waals surface area contributed by atoms with Crippen LogP contribution in [0.15, 0.2) is 36.4 Å². The summed E-state index contributed by atoms with van der Waals surface area (Å²) in [5.41, 5.74) is 1.50. The van der Waals surface area contributed by atoms with Crippen molar-refractivity contribution in [3.63, 3.8) is 0 Å². The van der Waals surface area contributed by atoms with Gasteiger partial charge >= 0.3 is 5.97 Å². The molecule has 0 fully saturated rings. The average Bonchev–Trinajstić information content (AvgIpc) is 2.76. The molecule has 0 aromatic heterocycles. The Kier molecular flexibility index (Phi) is 9.50.